The Morgan fingerprint density at radius 3 is 0.714 bits per heavy atom. The normalized spacial score (nSPS) is 13.1. The first-order valence-electron chi connectivity index (χ1n) is 35.4. The van der Waals surface area contributed by atoms with Crippen LogP contribution in [0.2, 0.25) is 0 Å². The fourth-order valence-electron chi connectivity index (χ4n) is 9.92. The molecule has 0 amide bonds. The third kappa shape index (κ3) is 70.3. The summed E-state index contributed by atoms with van der Waals surface area (Å²) in [5.74, 6) is -0.595. The molecular formula is C79H132O5. The maximum Gasteiger partial charge on any atom is 0.306 e. The second kappa shape index (κ2) is 73.0. The molecule has 0 aromatic heterocycles. The average Bonchev–Trinajstić information content (AvgIpc) is 3.51. The van der Waals surface area contributed by atoms with Crippen molar-refractivity contribution in [3.8, 4) is 0 Å². The summed E-state index contributed by atoms with van der Waals surface area (Å²) >= 11 is 0. The molecular weight excluding hydrogens is 1030 g/mol. The topological polar surface area (TPSA) is 72.8 Å². The smallest absolute Gasteiger partial charge is 0.306 e. The Hall–Kier alpha value is -4.22. The number of ether oxygens (including phenoxy) is 2. The maximum atomic E-state index is 12.4. The Morgan fingerprint density at radius 1 is 0.274 bits per heavy atom. The van der Waals surface area contributed by atoms with E-state index in [1.807, 2.05) is 0 Å². The van der Waals surface area contributed by atoms with E-state index in [-0.39, 0.29) is 25.2 Å². The van der Waals surface area contributed by atoms with Crippen LogP contribution in [0.1, 0.15) is 322 Å². The first-order chi connectivity index (χ1) is 41.6. The zero-order chi connectivity index (χ0) is 60.5. The number of rotatable bonds is 64. The second-order valence-electron chi connectivity index (χ2n) is 23.2. The van der Waals surface area contributed by atoms with Crippen molar-refractivity contribution in [3.63, 3.8) is 0 Å². The molecule has 0 saturated carbocycles. The average molecular weight is 1160 g/mol. The van der Waals surface area contributed by atoms with Crippen LogP contribution in [0.15, 0.2) is 146 Å². The quantitative estimate of drug-likeness (QED) is 0.0373. The largest absolute Gasteiger partial charge is 0.462 e. The monoisotopic (exact) mass is 1160 g/mol. The van der Waals surface area contributed by atoms with Gasteiger partial charge >= 0.3 is 11.9 Å². The summed E-state index contributed by atoms with van der Waals surface area (Å²) in [5.41, 5.74) is 0. The van der Waals surface area contributed by atoms with Gasteiger partial charge in [0.25, 0.3) is 0 Å². The van der Waals surface area contributed by atoms with E-state index in [0.29, 0.717) is 12.8 Å². The molecule has 0 aromatic rings. The van der Waals surface area contributed by atoms with Gasteiger partial charge in [0, 0.05) is 12.8 Å². The molecule has 478 valence electrons. The lowest BCUT2D eigenvalue weighted by Gasteiger charge is -2.15. The number of hydrogen-bond acceptors (Lipinski definition) is 5. The van der Waals surface area contributed by atoms with Crippen molar-refractivity contribution in [3.05, 3.63) is 146 Å². The molecule has 0 aliphatic rings. The molecule has 1 N–H and O–H groups in total. The van der Waals surface area contributed by atoms with Crippen LogP contribution < -0.4 is 0 Å². The first-order valence-corrected chi connectivity index (χ1v) is 35.4. The Bertz CT molecular complexity index is 1750. The van der Waals surface area contributed by atoms with E-state index in [0.717, 1.165) is 122 Å². The Labute approximate surface area is 520 Å². The highest BCUT2D eigenvalue weighted by Gasteiger charge is 2.16. The third-order valence-corrected chi connectivity index (χ3v) is 15.1. The van der Waals surface area contributed by atoms with Crippen molar-refractivity contribution in [2.75, 3.05) is 13.2 Å². The molecule has 1 unspecified atom stereocenters. The van der Waals surface area contributed by atoms with Gasteiger partial charge in [0.2, 0.25) is 0 Å². The molecule has 0 saturated heterocycles. The standard InChI is InChI=1S/C79H132O5/c1-3-5-7-9-11-13-15-17-19-21-23-25-27-29-31-33-35-37-38-39-40-42-43-45-47-49-51-53-55-57-59-61-63-65-67-69-71-73-78(81)83-76-77(75-80)84-79(82)74-72-70-68-66-64-62-60-58-56-54-52-50-48-46-44-41-36-34-32-30-28-26-24-22-20-18-16-14-12-10-8-6-4-2/h5-8,11-14,17-20,23-26,30,32,36,41,46,48,52,54,77,80H,3-4,9-10,15-16,21-22,27-29,31,33-35,37-40,42-45,47,49-51,53,55-76H2,1-2H3/b7-5-,8-6-,13-11-,14-12-,19-17-,20-18-,25-23-,26-24-,32-30-,41-36-,48-46-,54-52-. The third-order valence-electron chi connectivity index (χ3n) is 15.1. The summed E-state index contributed by atoms with van der Waals surface area (Å²) in [4.78, 5) is 24.7. The van der Waals surface area contributed by atoms with Crippen molar-refractivity contribution in [2.45, 2.75) is 328 Å². The minimum absolute atomic E-state index is 0.0734. The highest BCUT2D eigenvalue weighted by Crippen LogP contribution is 2.17. The number of carbonyl (C=O) groups is 2. The van der Waals surface area contributed by atoms with Gasteiger partial charge in [-0.3, -0.25) is 9.59 Å². The Morgan fingerprint density at radius 2 is 0.476 bits per heavy atom. The van der Waals surface area contributed by atoms with Gasteiger partial charge in [-0.15, -0.1) is 0 Å². The molecule has 0 spiro atoms. The summed E-state index contributed by atoms with van der Waals surface area (Å²) in [6, 6.07) is 0. The fraction of sp³-hybridized carbons (Fsp3) is 0.671. The van der Waals surface area contributed by atoms with Gasteiger partial charge in [-0.25, -0.2) is 0 Å². The molecule has 0 radical (unpaired) electrons. The van der Waals surface area contributed by atoms with E-state index in [4.69, 9.17) is 9.47 Å². The number of carbonyl (C=O) groups excluding carboxylic acids is 2. The second-order valence-corrected chi connectivity index (χ2v) is 23.2. The van der Waals surface area contributed by atoms with Crippen LogP contribution >= 0.6 is 0 Å². The minimum Gasteiger partial charge on any atom is -0.462 e. The zero-order valence-electron chi connectivity index (χ0n) is 54.9. The molecule has 5 heteroatoms. The van der Waals surface area contributed by atoms with Crippen molar-refractivity contribution < 1.29 is 24.2 Å². The first kappa shape index (κ1) is 79.8. The van der Waals surface area contributed by atoms with Crippen molar-refractivity contribution in [1.29, 1.82) is 0 Å². The Kier molecular flexibility index (Phi) is 69.4. The number of allylic oxidation sites excluding steroid dienone is 24. The summed E-state index contributed by atoms with van der Waals surface area (Å²) in [7, 11) is 0. The van der Waals surface area contributed by atoms with Gasteiger partial charge < -0.3 is 14.6 Å². The van der Waals surface area contributed by atoms with E-state index in [2.05, 4.69) is 160 Å². The van der Waals surface area contributed by atoms with E-state index in [1.54, 1.807) is 0 Å². The van der Waals surface area contributed by atoms with Crippen LogP contribution in [0.4, 0.5) is 0 Å². The molecule has 5 nitrogen and oxygen atoms in total. The fourth-order valence-corrected chi connectivity index (χ4v) is 9.92. The van der Waals surface area contributed by atoms with Gasteiger partial charge in [-0.1, -0.05) is 339 Å². The van der Waals surface area contributed by atoms with E-state index >= 15 is 0 Å². The van der Waals surface area contributed by atoms with Gasteiger partial charge in [0.15, 0.2) is 6.10 Å². The number of unbranched alkanes of at least 4 members (excludes halogenated alkanes) is 32. The van der Waals surface area contributed by atoms with Crippen LogP contribution in [0, 0.1) is 0 Å². The Balaban J connectivity index is 3.49. The van der Waals surface area contributed by atoms with Crippen molar-refractivity contribution in [1.82, 2.24) is 0 Å². The molecule has 84 heavy (non-hydrogen) atoms. The van der Waals surface area contributed by atoms with Crippen molar-refractivity contribution >= 4 is 11.9 Å². The molecule has 0 aliphatic heterocycles. The van der Waals surface area contributed by atoms with E-state index < -0.39 is 6.10 Å². The number of aliphatic hydroxyl groups is 1. The molecule has 0 rings (SSSR count). The van der Waals surface area contributed by atoms with Gasteiger partial charge in [0.1, 0.15) is 6.61 Å². The highest BCUT2D eigenvalue weighted by atomic mass is 16.6. The number of hydrogen-bond donors (Lipinski definition) is 1. The summed E-state index contributed by atoms with van der Waals surface area (Å²) in [5, 5.41) is 9.71. The lowest BCUT2D eigenvalue weighted by molar-refractivity contribution is -0.161. The van der Waals surface area contributed by atoms with Crippen LogP contribution in [0.5, 0.6) is 0 Å². The SMILES string of the molecule is CC/C=C\C/C=C\C/C=C\C/C=C\C/C=C\C/C=C\C/C=C\C/C=C\CCCCCCCCCCC(=O)OC(CO)COC(=O)CCCCCCCCCCCCCCCCCCCCCCCCCC/C=C\C/C=C\C/C=C\C/C=C\CC. The van der Waals surface area contributed by atoms with Crippen LogP contribution in [-0.4, -0.2) is 36.4 Å². The summed E-state index contributed by atoms with van der Waals surface area (Å²) in [6.07, 6.45) is 110. The number of esters is 2. The molecule has 0 aliphatic carbocycles. The predicted molar refractivity (Wildman–Crippen MR) is 371 cm³/mol. The van der Waals surface area contributed by atoms with E-state index in [9.17, 15) is 14.7 Å². The van der Waals surface area contributed by atoms with E-state index in [1.165, 1.54) is 173 Å². The van der Waals surface area contributed by atoms with Crippen LogP contribution in [0.25, 0.3) is 0 Å². The summed E-state index contributed by atoms with van der Waals surface area (Å²) in [6.45, 7) is 3.93. The lowest BCUT2D eigenvalue weighted by atomic mass is 10.0. The molecule has 0 aromatic carbocycles. The number of aliphatic hydroxyl groups excluding tert-OH is 1. The minimum atomic E-state index is -0.786. The van der Waals surface area contributed by atoms with Crippen molar-refractivity contribution in [2.24, 2.45) is 0 Å². The molecule has 0 fully saturated rings. The van der Waals surface area contributed by atoms with Crippen LogP contribution in [0.3, 0.4) is 0 Å². The zero-order valence-corrected chi connectivity index (χ0v) is 54.9. The molecule has 1 atom stereocenters. The van der Waals surface area contributed by atoms with Crippen LogP contribution in [-0.2, 0) is 19.1 Å². The summed E-state index contributed by atoms with van der Waals surface area (Å²) < 4.78 is 10.8. The lowest BCUT2D eigenvalue weighted by Crippen LogP contribution is -2.28. The molecule has 0 bridgehead atoms. The molecule has 0 heterocycles. The van der Waals surface area contributed by atoms with Gasteiger partial charge in [-0.2, -0.15) is 0 Å². The van der Waals surface area contributed by atoms with Gasteiger partial charge in [-0.05, 0) is 116 Å². The highest BCUT2D eigenvalue weighted by molar-refractivity contribution is 5.70. The van der Waals surface area contributed by atoms with Gasteiger partial charge in [0.05, 0.1) is 6.61 Å². The maximum absolute atomic E-state index is 12.4. The predicted octanol–water partition coefficient (Wildman–Crippen LogP) is 24.9.